The quantitative estimate of drug-likeness (QED) is 0.873. The van der Waals surface area contributed by atoms with Gasteiger partial charge < -0.3 is 0 Å². The van der Waals surface area contributed by atoms with Crippen molar-refractivity contribution in [3.63, 3.8) is 0 Å². The lowest BCUT2D eigenvalue weighted by Gasteiger charge is -2.16. The molecular weight excluding hydrogens is 317 g/mol. The van der Waals surface area contributed by atoms with Gasteiger partial charge in [-0.15, -0.1) is 0 Å². The van der Waals surface area contributed by atoms with E-state index in [2.05, 4.69) is 9.82 Å². The first-order chi connectivity index (χ1) is 10.8. The number of hydrogen-bond acceptors (Lipinski definition) is 3. The summed E-state index contributed by atoms with van der Waals surface area (Å²) in [7, 11) is -4.04. The molecule has 0 radical (unpaired) electrons. The van der Waals surface area contributed by atoms with E-state index in [1.54, 1.807) is 19.1 Å². The van der Waals surface area contributed by atoms with Crippen molar-refractivity contribution in [1.82, 2.24) is 9.78 Å². The van der Waals surface area contributed by atoms with Gasteiger partial charge in [0.15, 0.2) is 4.90 Å². The molecule has 7 heteroatoms. The van der Waals surface area contributed by atoms with Crippen molar-refractivity contribution in [1.29, 1.82) is 0 Å². The molecule has 0 aliphatic rings. The molecule has 23 heavy (non-hydrogen) atoms. The van der Waals surface area contributed by atoms with Gasteiger partial charge in [0.25, 0.3) is 10.0 Å². The highest BCUT2D eigenvalue weighted by Crippen LogP contribution is 2.29. The van der Waals surface area contributed by atoms with E-state index in [1.807, 2.05) is 26.0 Å². The topological polar surface area (TPSA) is 64.0 Å². The second-order valence-corrected chi connectivity index (χ2v) is 7.14. The number of aromatic nitrogens is 2. The molecule has 0 saturated heterocycles. The maximum atomic E-state index is 14.3. The third-order valence-corrected chi connectivity index (χ3v) is 5.42. The van der Waals surface area contributed by atoms with Crippen LogP contribution in [0.15, 0.2) is 29.2 Å². The molecule has 0 saturated carbocycles. The van der Waals surface area contributed by atoms with Gasteiger partial charge in [-0.1, -0.05) is 32.0 Å². The maximum Gasteiger partial charge on any atom is 0.268 e. The first kappa shape index (κ1) is 17.5. The van der Waals surface area contributed by atoms with E-state index >= 15 is 0 Å². The van der Waals surface area contributed by atoms with Crippen molar-refractivity contribution in [2.24, 2.45) is 0 Å². The number of nitrogens with zero attached hydrogens (tertiary/aromatic N) is 2. The summed E-state index contributed by atoms with van der Waals surface area (Å²) in [6.07, 6.45) is 0.875. The van der Waals surface area contributed by atoms with E-state index in [1.165, 1.54) is 6.92 Å². The van der Waals surface area contributed by atoms with Crippen LogP contribution in [0, 0.1) is 12.9 Å². The van der Waals surface area contributed by atoms with Crippen LogP contribution in [0.3, 0.4) is 0 Å². The van der Waals surface area contributed by atoms with Gasteiger partial charge >= 0.3 is 0 Å². The number of anilines is 1. The fraction of sp³-hybridized carbons (Fsp3) is 0.438. The molecule has 0 spiro atoms. The fourth-order valence-electron chi connectivity index (χ4n) is 2.49. The number of aryl methyl sites for hydroxylation is 2. The molecule has 0 aliphatic carbocycles. The molecule has 2 rings (SSSR count). The zero-order valence-corrected chi connectivity index (χ0v) is 14.6. The van der Waals surface area contributed by atoms with E-state index in [-0.39, 0.29) is 18.2 Å². The molecule has 0 unspecified atom stereocenters. The summed E-state index contributed by atoms with van der Waals surface area (Å²) in [6, 6.07) is 7.18. The zero-order chi connectivity index (χ0) is 17.2. The minimum Gasteiger partial charge on any atom is -0.279 e. The van der Waals surface area contributed by atoms with E-state index in [4.69, 9.17) is 0 Å². The molecule has 0 aliphatic heterocycles. The molecular formula is C16H22FN3O2S. The Morgan fingerprint density at radius 3 is 2.52 bits per heavy atom. The molecule has 2 aromatic rings. The van der Waals surface area contributed by atoms with E-state index in [0.29, 0.717) is 5.69 Å². The van der Waals surface area contributed by atoms with Crippen molar-refractivity contribution in [3.05, 3.63) is 41.5 Å². The van der Waals surface area contributed by atoms with Gasteiger partial charge in [0.2, 0.25) is 5.95 Å². The monoisotopic (exact) mass is 339 g/mol. The van der Waals surface area contributed by atoms with Gasteiger partial charge in [-0.25, -0.2) is 13.1 Å². The Morgan fingerprint density at radius 2 is 1.96 bits per heavy atom. The van der Waals surface area contributed by atoms with Crippen molar-refractivity contribution < 1.29 is 12.8 Å². The second-order valence-electron chi connectivity index (χ2n) is 5.52. The normalized spacial score (nSPS) is 13.1. The third-order valence-electron chi connectivity index (χ3n) is 3.93. The summed E-state index contributed by atoms with van der Waals surface area (Å²) < 4.78 is 43.1. The molecule has 1 atom stereocenters. The van der Waals surface area contributed by atoms with Crippen molar-refractivity contribution >= 4 is 15.7 Å². The largest absolute Gasteiger partial charge is 0.279 e. The third kappa shape index (κ3) is 3.39. The number of sulfonamides is 1. The van der Waals surface area contributed by atoms with Gasteiger partial charge in [0, 0.05) is 6.54 Å². The molecule has 0 fully saturated rings. The van der Waals surface area contributed by atoms with Crippen LogP contribution in [0.2, 0.25) is 0 Å². The number of hydrogen-bond donors (Lipinski definition) is 1. The Morgan fingerprint density at radius 1 is 1.30 bits per heavy atom. The second kappa shape index (κ2) is 6.70. The van der Waals surface area contributed by atoms with Crippen molar-refractivity contribution in [3.8, 4) is 0 Å². The van der Waals surface area contributed by atoms with Gasteiger partial charge in [-0.2, -0.15) is 9.49 Å². The lowest BCUT2D eigenvalue weighted by molar-refractivity contribution is 0.454. The molecule has 1 aromatic carbocycles. The minimum atomic E-state index is -4.04. The van der Waals surface area contributed by atoms with Crippen LogP contribution >= 0.6 is 0 Å². The first-order valence-electron chi connectivity index (χ1n) is 7.66. The Labute approximate surface area is 136 Å². The molecule has 0 amide bonds. The average Bonchev–Trinajstić information content (AvgIpc) is 2.81. The summed E-state index contributed by atoms with van der Waals surface area (Å²) in [5.41, 5.74) is 1.52. The Bertz CT molecular complexity index is 800. The summed E-state index contributed by atoms with van der Waals surface area (Å²) in [4.78, 5) is -0.390. The minimum absolute atomic E-state index is 0.151. The molecule has 0 bridgehead atoms. The van der Waals surface area contributed by atoms with Gasteiger partial charge in [0.1, 0.15) is 0 Å². The van der Waals surface area contributed by atoms with Crippen LogP contribution in [0.25, 0.3) is 0 Å². The highest BCUT2D eigenvalue weighted by Gasteiger charge is 2.28. The highest BCUT2D eigenvalue weighted by atomic mass is 32.2. The number of nitrogens with one attached hydrogen (secondary N) is 1. The smallest absolute Gasteiger partial charge is 0.268 e. The lowest BCUT2D eigenvalue weighted by Crippen LogP contribution is -2.17. The summed E-state index contributed by atoms with van der Waals surface area (Å²) in [6.45, 7) is 7.52. The Hall–Kier alpha value is -1.89. The van der Waals surface area contributed by atoms with Gasteiger partial charge in [-0.3, -0.25) is 4.72 Å². The van der Waals surface area contributed by atoms with E-state index in [9.17, 15) is 12.8 Å². The van der Waals surface area contributed by atoms with Crippen LogP contribution in [0.5, 0.6) is 0 Å². The van der Waals surface area contributed by atoms with Gasteiger partial charge in [0.05, 0.1) is 11.4 Å². The zero-order valence-electron chi connectivity index (χ0n) is 13.8. The molecule has 1 aromatic heterocycles. The SMILES string of the molecule is CC[C@@H](C)c1ccccc1NS(=O)(=O)c1c(C)nn(CC)c1F. The standard InChI is InChI=1S/C16H22FN3O2S/c1-5-11(3)13-9-7-8-10-14(13)19-23(21,22)15-12(4)18-20(6-2)16(15)17/h7-11,19H,5-6H2,1-4H3/t11-/m1/s1. The van der Waals surface area contributed by atoms with Crippen molar-refractivity contribution in [2.45, 2.75) is 51.5 Å². The number of benzene rings is 1. The Kier molecular flexibility index (Phi) is 5.09. The van der Waals surface area contributed by atoms with Crippen LogP contribution < -0.4 is 4.72 Å². The molecule has 1 N–H and O–H groups in total. The van der Waals surface area contributed by atoms with Crippen LogP contribution in [-0.4, -0.2) is 18.2 Å². The number of para-hydroxylation sites is 1. The van der Waals surface area contributed by atoms with E-state index < -0.39 is 20.9 Å². The van der Waals surface area contributed by atoms with Crippen LogP contribution in [-0.2, 0) is 16.6 Å². The average molecular weight is 339 g/mol. The number of halogens is 1. The summed E-state index contributed by atoms with van der Waals surface area (Å²) in [5.74, 6) is -0.642. The predicted octanol–water partition coefficient (Wildman–Crippen LogP) is 3.66. The maximum absolute atomic E-state index is 14.3. The Balaban J connectivity index is 2.46. The first-order valence-corrected chi connectivity index (χ1v) is 9.14. The van der Waals surface area contributed by atoms with Crippen LogP contribution in [0.1, 0.15) is 44.4 Å². The number of rotatable bonds is 6. The van der Waals surface area contributed by atoms with Crippen molar-refractivity contribution in [2.75, 3.05) is 4.72 Å². The summed E-state index contributed by atoms with van der Waals surface area (Å²) in [5, 5.41) is 3.93. The lowest BCUT2D eigenvalue weighted by atomic mass is 9.97. The fourth-order valence-corrected chi connectivity index (χ4v) is 3.82. The molecule has 5 nitrogen and oxygen atoms in total. The highest BCUT2D eigenvalue weighted by molar-refractivity contribution is 7.92. The van der Waals surface area contributed by atoms with E-state index in [0.717, 1.165) is 16.7 Å². The summed E-state index contributed by atoms with van der Waals surface area (Å²) >= 11 is 0. The molecule has 1 heterocycles. The van der Waals surface area contributed by atoms with Gasteiger partial charge in [-0.05, 0) is 37.8 Å². The predicted molar refractivity (Wildman–Crippen MR) is 88.6 cm³/mol. The van der Waals surface area contributed by atoms with Crippen LogP contribution in [0.4, 0.5) is 10.1 Å². The molecule has 126 valence electrons.